The third kappa shape index (κ3) is 3.28. The molecule has 0 aliphatic carbocycles. The first-order valence-corrected chi connectivity index (χ1v) is 10.4. The molecule has 2 aromatic carbocycles. The third-order valence-corrected chi connectivity index (χ3v) is 6.02. The van der Waals surface area contributed by atoms with Crippen LogP contribution in [-0.2, 0) is 10.0 Å². The van der Waals surface area contributed by atoms with Gasteiger partial charge in [-0.05, 0) is 42.5 Å². The molecule has 0 aliphatic rings. The summed E-state index contributed by atoms with van der Waals surface area (Å²) in [6, 6.07) is 11.7. The summed E-state index contributed by atoms with van der Waals surface area (Å²) in [5, 5.41) is 10.2. The fraction of sp³-hybridized carbons (Fsp3) is 0.0556. The molecule has 2 aromatic heterocycles. The molecule has 28 heavy (non-hydrogen) atoms. The highest BCUT2D eigenvalue weighted by molar-refractivity contribution is 7.89. The molecule has 0 saturated heterocycles. The minimum atomic E-state index is -3.80. The fourth-order valence-electron chi connectivity index (χ4n) is 2.71. The third-order valence-electron chi connectivity index (χ3n) is 4.11. The number of fused-ring (bicyclic) bond motifs is 1. The number of carbonyl (C=O) groups is 1. The zero-order chi connectivity index (χ0) is 19.9. The van der Waals surface area contributed by atoms with Crippen LogP contribution >= 0.6 is 11.3 Å². The lowest BCUT2D eigenvalue weighted by Gasteiger charge is -2.01. The summed E-state index contributed by atoms with van der Waals surface area (Å²) in [7, 11) is -2.22. The first-order valence-electron chi connectivity index (χ1n) is 8.02. The average Bonchev–Trinajstić information content (AvgIpc) is 3.30. The lowest BCUT2D eigenvalue weighted by Crippen LogP contribution is -2.11. The van der Waals surface area contributed by atoms with Crippen molar-refractivity contribution in [2.75, 3.05) is 7.11 Å². The number of nitrogens with two attached hydrogens (primary N) is 1. The molecule has 0 bridgehead atoms. The standard InChI is InChI=1S/C18H14N4O4S2/c1-26-13-4-2-11(3-5-13)17-12(10-23)9-22(21-17)18-20-15-7-6-14(28(19,24)25)8-16(15)27-18/h2-10H,1H3,(H2,19,24,25). The number of carbonyl (C=O) groups excluding carboxylic acids is 1. The number of ether oxygens (including phenoxy) is 1. The number of rotatable bonds is 5. The van der Waals surface area contributed by atoms with Gasteiger partial charge in [-0.1, -0.05) is 11.3 Å². The van der Waals surface area contributed by atoms with Crippen molar-refractivity contribution in [2.45, 2.75) is 4.90 Å². The monoisotopic (exact) mass is 414 g/mol. The van der Waals surface area contributed by atoms with Crippen LogP contribution < -0.4 is 9.88 Å². The van der Waals surface area contributed by atoms with E-state index in [1.54, 1.807) is 31.5 Å². The van der Waals surface area contributed by atoms with E-state index in [4.69, 9.17) is 9.88 Å². The number of primary sulfonamides is 1. The Labute approximate surface area is 164 Å². The molecule has 142 valence electrons. The van der Waals surface area contributed by atoms with Gasteiger partial charge in [-0.2, -0.15) is 5.10 Å². The summed E-state index contributed by atoms with van der Waals surface area (Å²) >= 11 is 1.25. The molecule has 0 radical (unpaired) electrons. The van der Waals surface area contributed by atoms with E-state index < -0.39 is 10.0 Å². The molecule has 4 aromatic rings. The van der Waals surface area contributed by atoms with E-state index in [2.05, 4.69) is 10.1 Å². The van der Waals surface area contributed by atoms with Crippen molar-refractivity contribution in [3.05, 3.63) is 54.2 Å². The summed E-state index contributed by atoms with van der Waals surface area (Å²) in [4.78, 5) is 16.0. The van der Waals surface area contributed by atoms with Crippen molar-refractivity contribution in [1.82, 2.24) is 14.8 Å². The van der Waals surface area contributed by atoms with Crippen LogP contribution in [0.2, 0.25) is 0 Å². The molecular weight excluding hydrogens is 400 g/mol. The number of thiazole rings is 1. The van der Waals surface area contributed by atoms with Gasteiger partial charge in [0.25, 0.3) is 0 Å². The minimum Gasteiger partial charge on any atom is -0.497 e. The van der Waals surface area contributed by atoms with Crippen LogP contribution in [0.3, 0.4) is 0 Å². The highest BCUT2D eigenvalue weighted by Crippen LogP contribution is 2.29. The maximum Gasteiger partial charge on any atom is 0.238 e. The van der Waals surface area contributed by atoms with Gasteiger partial charge < -0.3 is 4.74 Å². The molecule has 0 unspecified atom stereocenters. The van der Waals surface area contributed by atoms with Crippen molar-refractivity contribution < 1.29 is 17.9 Å². The summed E-state index contributed by atoms with van der Waals surface area (Å²) in [5.41, 5.74) is 2.30. The zero-order valence-corrected chi connectivity index (χ0v) is 16.2. The normalized spacial score (nSPS) is 11.6. The number of hydrogen-bond donors (Lipinski definition) is 1. The molecule has 8 nitrogen and oxygen atoms in total. The van der Waals surface area contributed by atoms with E-state index in [1.807, 2.05) is 12.1 Å². The molecule has 0 spiro atoms. The van der Waals surface area contributed by atoms with Gasteiger partial charge in [-0.25, -0.2) is 23.2 Å². The maximum absolute atomic E-state index is 11.5. The molecule has 0 amide bonds. The van der Waals surface area contributed by atoms with Gasteiger partial charge in [0.05, 0.1) is 27.8 Å². The first-order chi connectivity index (χ1) is 13.4. The number of aldehydes is 1. The smallest absolute Gasteiger partial charge is 0.238 e. The van der Waals surface area contributed by atoms with Crippen molar-refractivity contribution in [3.8, 4) is 22.1 Å². The summed E-state index contributed by atoms with van der Waals surface area (Å²) in [6.07, 6.45) is 2.32. The fourth-order valence-corrected chi connectivity index (χ4v) is 4.26. The number of aromatic nitrogens is 3. The Kier molecular flexibility index (Phi) is 4.46. The van der Waals surface area contributed by atoms with Gasteiger partial charge >= 0.3 is 0 Å². The number of benzene rings is 2. The molecule has 4 rings (SSSR count). The van der Waals surface area contributed by atoms with E-state index in [-0.39, 0.29) is 4.90 Å². The average molecular weight is 414 g/mol. The molecule has 0 fully saturated rings. The van der Waals surface area contributed by atoms with Gasteiger partial charge in [-0.3, -0.25) is 4.79 Å². The Morgan fingerprint density at radius 1 is 1.18 bits per heavy atom. The second-order valence-corrected chi connectivity index (χ2v) is 8.47. The zero-order valence-electron chi connectivity index (χ0n) is 14.6. The summed E-state index contributed by atoms with van der Waals surface area (Å²) in [5.74, 6) is 0.702. The molecule has 0 saturated carbocycles. The van der Waals surface area contributed by atoms with Crippen LogP contribution in [0.4, 0.5) is 0 Å². The highest BCUT2D eigenvalue weighted by atomic mass is 32.2. The lowest BCUT2D eigenvalue weighted by atomic mass is 10.1. The SMILES string of the molecule is COc1ccc(-c2nn(-c3nc4ccc(S(N)(=O)=O)cc4s3)cc2C=O)cc1. The molecule has 2 heterocycles. The summed E-state index contributed by atoms with van der Waals surface area (Å²) < 4.78 is 30.4. The predicted octanol–water partition coefficient (Wildman–Crippen LogP) is 2.62. The van der Waals surface area contributed by atoms with Crippen LogP contribution in [0.5, 0.6) is 5.75 Å². The van der Waals surface area contributed by atoms with Crippen LogP contribution in [-0.4, -0.2) is 36.6 Å². The number of hydrogen-bond acceptors (Lipinski definition) is 7. The second-order valence-electron chi connectivity index (χ2n) is 5.89. The van der Waals surface area contributed by atoms with Gasteiger partial charge in [0.15, 0.2) is 6.29 Å². The molecule has 10 heteroatoms. The molecule has 0 aliphatic heterocycles. The van der Waals surface area contributed by atoms with Crippen LogP contribution in [0.25, 0.3) is 26.6 Å². The Morgan fingerprint density at radius 3 is 2.57 bits per heavy atom. The van der Waals surface area contributed by atoms with Crippen molar-refractivity contribution in [2.24, 2.45) is 5.14 Å². The molecular formula is C18H14N4O4S2. The number of methoxy groups -OCH3 is 1. The van der Waals surface area contributed by atoms with Crippen LogP contribution in [0, 0.1) is 0 Å². The van der Waals surface area contributed by atoms with Gasteiger partial charge in [0.1, 0.15) is 11.4 Å². The Morgan fingerprint density at radius 2 is 1.93 bits per heavy atom. The largest absolute Gasteiger partial charge is 0.497 e. The lowest BCUT2D eigenvalue weighted by molar-refractivity contribution is 0.112. The first kappa shape index (κ1) is 18.3. The maximum atomic E-state index is 11.5. The number of sulfonamides is 1. The van der Waals surface area contributed by atoms with Crippen LogP contribution in [0.15, 0.2) is 53.6 Å². The van der Waals surface area contributed by atoms with E-state index in [0.717, 1.165) is 11.8 Å². The molecule has 0 atom stereocenters. The van der Waals surface area contributed by atoms with Gasteiger partial charge in [0.2, 0.25) is 15.2 Å². The van der Waals surface area contributed by atoms with Crippen molar-refractivity contribution in [3.63, 3.8) is 0 Å². The van der Waals surface area contributed by atoms with Gasteiger partial charge in [0, 0.05) is 11.8 Å². The van der Waals surface area contributed by atoms with E-state index in [0.29, 0.717) is 32.4 Å². The van der Waals surface area contributed by atoms with Gasteiger partial charge in [-0.15, -0.1) is 0 Å². The topological polar surface area (TPSA) is 117 Å². The number of nitrogens with zero attached hydrogens (tertiary/aromatic N) is 3. The van der Waals surface area contributed by atoms with Crippen LogP contribution in [0.1, 0.15) is 10.4 Å². The Balaban J connectivity index is 1.79. The Hall–Kier alpha value is -3.08. The van der Waals surface area contributed by atoms with E-state index >= 15 is 0 Å². The second kappa shape index (κ2) is 6.82. The van der Waals surface area contributed by atoms with Crippen molar-refractivity contribution in [1.29, 1.82) is 0 Å². The van der Waals surface area contributed by atoms with Crippen molar-refractivity contribution >= 4 is 37.9 Å². The van der Waals surface area contributed by atoms with E-state index in [1.165, 1.54) is 28.2 Å². The Bertz CT molecular complexity index is 1290. The molecule has 2 N–H and O–H groups in total. The predicted molar refractivity (Wildman–Crippen MR) is 105 cm³/mol. The quantitative estimate of drug-likeness (QED) is 0.502. The highest BCUT2D eigenvalue weighted by Gasteiger charge is 2.16. The minimum absolute atomic E-state index is 0.0168. The van der Waals surface area contributed by atoms with E-state index in [9.17, 15) is 13.2 Å². The summed E-state index contributed by atoms with van der Waals surface area (Å²) in [6.45, 7) is 0.